The molecule has 1 saturated heterocycles. The molecule has 0 saturated carbocycles. The summed E-state index contributed by atoms with van der Waals surface area (Å²) in [4.78, 5) is 2.58. The zero-order valence-corrected chi connectivity index (χ0v) is 12.7. The summed E-state index contributed by atoms with van der Waals surface area (Å²) >= 11 is 0. The molecule has 0 spiro atoms. The van der Waals surface area contributed by atoms with Gasteiger partial charge in [-0.1, -0.05) is 38.5 Å². The molecule has 1 aliphatic rings. The Morgan fingerprint density at radius 2 is 2.11 bits per heavy atom. The monoisotopic (exact) mass is 260 g/mol. The molecule has 2 unspecified atom stereocenters. The van der Waals surface area contributed by atoms with Gasteiger partial charge in [-0.3, -0.25) is 0 Å². The highest BCUT2D eigenvalue weighted by molar-refractivity contribution is 5.55. The minimum Gasteiger partial charge on any atom is -0.371 e. The molecule has 2 rings (SSSR count). The topological polar surface area (TPSA) is 15.3 Å². The molecule has 1 fully saturated rings. The lowest BCUT2D eigenvalue weighted by atomic mass is 10.0. The molecule has 2 nitrogen and oxygen atoms in total. The Hall–Kier alpha value is -1.02. The molecule has 19 heavy (non-hydrogen) atoms. The van der Waals surface area contributed by atoms with Gasteiger partial charge in [-0.15, -0.1) is 0 Å². The maximum absolute atomic E-state index is 3.61. The van der Waals surface area contributed by atoms with Crippen LogP contribution in [0, 0.1) is 5.92 Å². The number of nitrogens with zero attached hydrogens (tertiary/aromatic N) is 1. The Bertz CT molecular complexity index is 389. The summed E-state index contributed by atoms with van der Waals surface area (Å²) < 4.78 is 0. The summed E-state index contributed by atoms with van der Waals surface area (Å²) in [5.74, 6) is 0.881. The maximum atomic E-state index is 3.61. The van der Waals surface area contributed by atoms with Crippen molar-refractivity contribution in [2.24, 2.45) is 5.92 Å². The Labute approximate surface area is 118 Å². The van der Waals surface area contributed by atoms with Gasteiger partial charge < -0.3 is 10.2 Å². The molecule has 1 heterocycles. The van der Waals surface area contributed by atoms with E-state index < -0.39 is 0 Å². The molecule has 0 bridgehead atoms. The van der Waals surface area contributed by atoms with E-state index in [-0.39, 0.29) is 0 Å². The van der Waals surface area contributed by atoms with Crippen molar-refractivity contribution < 1.29 is 0 Å². The molecule has 1 aromatic rings. The Balaban J connectivity index is 2.12. The lowest BCUT2D eigenvalue weighted by molar-refractivity contribution is 0.563. The standard InChI is InChI=1S/C17H28N2/c1-4-11-18-14(3)16-8-6-7-9-17(16)19-12-10-15(5-2)13-19/h6-9,14-15,18H,4-5,10-13H2,1-3H3. The van der Waals surface area contributed by atoms with Gasteiger partial charge in [0.2, 0.25) is 0 Å². The summed E-state index contributed by atoms with van der Waals surface area (Å²) in [6, 6.07) is 9.34. The summed E-state index contributed by atoms with van der Waals surface area (Å²) in [5.41, 5.74) is 2.89. The highest BCUT2D eigenvalue weighted by Crippen LogP contribution is 2.31. The molecular formula is C17H28N2. The van der Waals surface area contributed by atoms with Crippen LogP contribution in [0.3, 0.4) is 0 Å². The van der Waals surface area contributed by atoms with Crippen molar-refractivity contribution >= 4 is 5.69 Å². The Kier molecular flexibility index (Phi) is 5.26. The molecule has 1 aliphatic heterocycles. The largest absolute Gasteiger partial charge is 0.371 e. The van der Waals surface area contributed by atoms with E-state index in [0.717, 1.165) is 12.5 Å². The molecular weight excluding hydrogens is 232 g/mol. The molecule has 0 aromatic heterocycles. The molecule has 0 aliphatic carbocycles. The van der Waals surface area contributed by atoms with E-state index in [2.05, 4.69) is 55.3 Å². The normalized spacial score (nSPS) is 20.8. The summed E-state index contributed by atoms with van der Waals surface area (Å²) in [7, 11) is 0. The van der Waals surface area contributed by atoms with Gasteiger partial charge in [-0.2, -0.15) is 0 Å². The number of hydrogen-bond donors (Lipinski definition) is 1. The zero-order valence-electron chi connectivity index (χ0n) is 12.7. The van der Waals surface area contributed by atoms with E-state index in [1.54, 1.807) is 0 Å². The van der Waals surface area contributed by atoms with Crippen molar-refractivity contribution in [3.63, 3.8) is 0 Å². The van der Waals surface area contributed by atoms with Crippen LogP contribution in [-0.2, 0) is 0 Å². The second-order valence-corrected chi connectivity index (χ2v) is 5.74. The van der Waals surface area contributed by atoms with E-state index in [1.807, 2.05) is 0 Å². The summed E-state index contributed by atoms with van der Waals surface area (Å²) in [6.07, 6.45) is 3.85. The van der Waals surface area contributed by atoms with Gasteiger partial charge in [0.1, 0.15) is 0 Å². The third kappa shape index (κ3) is 3.50. The molecule has 106 valence electrons. The quantitative estimate of drug-likeness (QED) is 0.832. The zero-order chi connectivity index (χ0) is 13.7. The second-order valence-electron chi connectivity index (χ2n) is 5.74. The molecule has 1 N–H and O–H groups in total. The van der Waals surface area contributed by atoms with Gasteiger partial charge in [0.25, 0.3) is 0 Å². The van der Waals surface area contributed by atoms with Crippen LogP contribution in [0.15, 0.2) is 24.3 Å². The van der Waals surface area contributed by atoms with E-state index in [9.17, 15) is 0 Å². The Morgan fingerprint density at radius 1 is 1.32 bits per heavy atom. The molecule has 0 amide bonds. The van der Waals surface area contributed by atoms with Crippen LogP contribution < -0.4 is 10.2 Å². The second kappa shape index (κ2) is 6.95. The van der Waals surface area contributed by atoms with Crippen molar-refractivity contribution in [1.29, 1.82) is 0 Å². The first-order valence-corrected chi connectivity index (χ1v) is 7.83. The number of benzene rings is 1. The molecule has 0 radical (unpaired) electrons. The predicted octanol–water partition coefficient (Wildman–Crippen LogP) is 3.98. The smallest absolute Gasteiger partial charge is 0.0414 e. The van der Waals surface area contributed by atoms with Crippen molar-refractivity contribution in [3.8, 4) is 0 Å². The molecule has 2 heteroatoms. The highest BCUT2D eigenvalue weighted by Gasteiger charge is 2.23. The van der Waals surface area contributed by atoms with Crippen molar-refractivity contribution in [2.75, 3.05) is 24.5 Å². The van der Waals surface area contributed by atoms with E-state index in [1.165, 1.54) is 43.6 Å². The average molecular weight is 260 g/mol. The lowest BCUT2D eigenvalue weighted by Gasteiger charge is -2.25. The fourth-order valence-corrected chi connectivity index (χ4v) is 3.00. The lowest BCUT2D eigenvalue weighted by Crippen LogP contribution is -2.25. The maximum Gasteiger partial charge on any atom is 0.0414 e. The number of para-hydroxylation sites is 1. The first kappa shape index (κ1) is 14.4. The van der Waals surface area contributed by atoms with E-state index >= 15 is 0 Å². The summed E-state index contributed by atoms with van der Waals surface area (Å²) in [5, 5.41) is 3.61. The van der Waals surface area contributed by atoms with Crippen molar-refractivity contribution in [3.05, 3.63) is 29.8 Å². The van der Waals surface area contributed by atoms with Gasteiger partial charge in [-0.05, 0) is 43.9 Å². The third-order valence-corrected chi connectivity index (χ3v) is 4.31. The first-order chi connectivity index (χ1) is 9.26. The highest BCUT2D eigenvalue weighted by atomic mass is 15.2. The number of anilines is 1. The first-order valence-electron chi connectivity index (χ1n) is 7.83. The van der Waals surface area contributed by atoms with Gasteiger partial charge in [0.15, 0.2) is 0 Å². The van der Waals surface area contributed by atoms with E-state index in [4.69, 9.17) is 0 Å². The van der Waals surface area contributed by atoms with Crippen LogP contribution >= 0.6 is 0 Å². The fourth-order valence-electron chi connectivity index (χ4n) is 3.00. The van der Waals surface area contributed by atoms with Gasteiger partial charge >= 0.3 is 0 Å². The predicted molar refractivity (Wildman–Crippen MR) is 83.8 cm³/mol. The minimum atomic E-state index is 0.442. The van der Waals surface area contributed by atoms with Crippen LogP contribution in [0.4, 0.5) is 5.69 Å². The van der Waals surface area contributed by atoms with Crippen LogP contribution in [0.5, 0.6) is 0 Å². The van der Waals surface area contributed by atoms with Crippen LogP contribution in [0.2, 0.25) is 0 Å². The van der Waals surface area contributed by atoms with Crippen molar-refractivity contribution in [2.45, 2.75) is 46.1 Å². The van der Waals surface area contributed by atoms with Crippen LogP contribution in [0.25, 0.3) is 0 Å². The SMILES string of the molecule is CCCNC(C)c1ccccc1N1CCC(CC)C1. The molecule has 2 atom stereocenters. The van der Waals surface area contributed by atoms with Crippen LogP contribution in [0.1, 0.15) is 51.6 Å². The number of nitrogens with one attached hydrogen (secondary N) is 1. The fraction of sp³-hybridized carbons (Fsp3) is 0.647. The van der Waals surface area contributed by atoms with E-state index in [0.29, 0.717) is 6.04 Å². The van der Waals surface area contributed by atoms with Crippen molar-refractivity contribution in [1.82, 2.24) is 5.32 Å². The van der Waals surface area contributed by atoms with Gasteiger partial charge in [0.05, 0.1) is 0 Å². The Morgan fingerprint density at radius 3 is 2.79 bits per heavy atom. The van der Waals surface area contributed by atoms with Crippen LogP contribution in [-0.4, -0.2) is 19.6 Å². The average Bonchev–Trinajstić information content (AvgIpc) is 2.93. The number of rotatable bonds is 6. The minimum absolute atomic E-state index is 0.442. The number of hydrogen-bond acceptors (Lipinski definition) is 2. The summed E-state index contributed by atoms with van der Waals surface area (Å²) in [6.45, 7) is 10.3. The van der Waals surface area contributed by atoms with Gasteiger partial charge in [0, 0.05) is 24.8 Å². The molecule has 1 aromatic carbocycles. The third-order valence-electron chi connectivity index (χ3n) is 4.31. The van der Waals surface area contributed by atoms with Gasteiger partial charge in [-0.25, -0.2) is 0 Å².